The lowest BCUT2D eigenvalue weighted by Gasteiger charge is -2.08. The van der Waals surface area contributed by atoms with Gasteiger partial charge in [0.15, 0.2) is 0 Å². The van der Waals surface area contributed by atoms with Gasteiger partial charge in [0.1, 0.15) is 13.2 Å². The Morgan fingerprint density at radius 2 is 2.05 bits per heavy atom. The molecular weight excluding hydrogens is 281 g/mol. The molecule has 1 amide bonds. The quantitative estimate of drug-likeness (QED) is 0.823. The lowest BCUT2D eigenvalue weighted by molar-refractivity contribution is -0.174. The number of carbonyl (C=O) groups is 2. The van der Waals surface area contributed by atoms with E-state index in [1.54, 1.807) is 0 Å². The van der Waals surface area contributed by atoms with Crippen LogP contribution in [-0.2, 0) is 20.7 Å². The molecule has 0 saturated carbocycles. The fourth-order valence-electron chi connectivity index (χ4n) is 1.21. The Kier molecular flexibility index (Phi) is 5.44. The van der Waals surface area contributed by atoms with Crippen molar-refractivity contribution in [2.45, 2.75) is 12.6 Å². The van der Waals surface area contributed by atoms with E-state index in [1.807, 2.05) is 0 Å². The van der Waals surface area contributed by atoms with Crippen LogP contribution in [0.4, 0.5) is 18.9 Å². The fraction of sp³-hybridized carbons (Fsp3) is 0.364. The Bertz CT molecular complexity index is 474. The summed E-state index contributed by atoms with van der Waals surface area (Å²) in [5, 5.41) is 10.8. The number of aliphatic carboxylic acids is 1. The normalized spacial score (nSPS) is 11.2. The van der Waals surface area contributed by atoms with Crippen LogP contribution in [-0.4, -0.2) is 41.4 Å². The highest BCUT2D eigenvalue weighted by molar-refractivity contribution is 5.91. The second-order valence-electron chi connectivity index (χ2n) is 3.76. The maximum absolute atomic E-state index is 11.8. The summed E-state index contributed by atoms with van der Waals surface area (Å²) in [7, 11) is 0. The molecule has 9 heteroatoms. The molecule has 1 heterocycles. The Labute approximate surface area is 111 Å². The zero-order valence-corrected chi connectivity index (χ0v) is 10.1. The van der Waals surface area contributed by atoms with Crippen molar-refractivity contribution in [3.63, 3.8) is 0 Å². The predicted octanol–water partition coefficient (Wildman–Crippen LogP) is 1.23. The summed E-state index contributed by atoms with van der Waals surface area (Å²) in [6.07, 6.45) is -3.54. The molecule has 0 bridgehead atoms. The third-order valence-corrected chi connectivity index (χ3v) is 1.94. The lowest BCUT2D eigenvalue weighted by atomic mass is 10.2. The molecule has 0 atom stereocenters. The van der Waals surface area contributed by atoms with Crippen LogP contribution in [0.25, 0.3) is 0 Å². The molecule has 0 spiro atoms. The highest BCUT2D eigenvalue weighted by atomic mass is 19.4. The number of carboxylic acid groups (broad SMARTS) is 1. The molecule has 0 unspecified atom stereocenters. The van der Waals surface area contributed by atoms with E-state index in [0.29, 0.717) is 5.69 Å². The zero-order chi connectivity index (χ0) is 15.2. The number of halogens is 3. The van der Waals surface area contributed by atoms with E-state index in [1.165, 1.54) is 18.3 Å². The molecule has 1 aromatic heterocycles. The van der Waals surface area contributed by atoms with Crippen LogP contribution < -0.4 is 5.32 Å². The summed E-state index contributed by atoms with van der Waals surface area (Å²) in [5.74, 6) is -1.81. The Morgan fingerprint density at radius 3 is 2.55 bits per heavy atom. The molecule has 1 rings (SSSR count). The third kappa shape index (κ3) is 6.69. The largest absolute Gasteiger partial charge is 0.481 e. The van der Waals surface area contributed by atoms with Crippen molar-refractivity contribution in [2.75, 3.05) is 18.5 Å². The molecule has 0 fully saturated rings. The average molecular weight is 292 g/mol. The van der Waals surface area contributed by atoms with E-state index in [-0.39, 0.29) is 12.1 Å². The number of nitrogens with zero attached hydrogens (tertiary/aromatic N) is 1. The van der Waals surface area contributed by atoms with Gasteiger partial charge in [-0.15, -0.1) is 0 Å². The number of hydrogen-bond donors (Lipinski definition) is 2. The number of carboxylic acids is 1. The minimum atomic E-state index is -4.49. The molecule has 0 aliphatic heterocycles. The van der Waals surface area contributed by atoms with Crippen LogP contribution in [0.2, 0.25) is 0 Å². The van der Waals surface area contributed by atoms with Gasteiger partial charge in [-0.2, -0.15) is 13.2 Å². The average Bonchev–Trinajstić information content (AvgIpc) is 2.29. The number of aromatic nitrogens is 1. The van der Waals surface area contributed by atoms with Crippen molar-refractivity contribution < 1.29 is 32.6 Å². The van der Waals surface area contributed by atoms with Gasteiger partial charge in [0.2, 0.25) is 5.91 Å². The van der Waals surface area contributed by atoms with E-state index in [0.717, 1.165) is 0 Å². The zero-order valence-electron chi connectivity index (χ0n) is 10.1. The van der Waals surface area contributed by atoms with E-state index >= 15 is 0 Å². The van der Waals surface area contributed by atoms with Gasteiger partial charge in [-0.05, 0) is 12.1 Å². The minimum Gasteiger partial charge on any atom is -0.481 e. The molecule has 1 aromatic rings. The van der Waals surface area contributed by atoms with Crippen molar-refractivity contribution in [3.05, 3.63) is 24.0 Å². The first-order chi connectivity index (χ1) is 9.26. The Hall–Kier alpha value is -2.16. The summed E-state index contributed by atoms with van der Waals surface area (Å²) in [5.41, 5.74) is 0.531. The van der Waals surface area contributed by atoms with Gasteiger partial charge in [-0.1, -0.05) is 0 Å². The Morgan fingerprint density at radius 1 is 1.35 bits per heavy atom. The number of amides is 1. The van der Waals surface area contributed by atoms with Crippen LogP contribution >= 0.6 is 0 Å². The number of rotatable bonds is 6. The van der Waals surface area contributed by atoms with Crippen molar-refractivity contribution in [3.8, 4) is 0 Å². The number of hydrogen-bond acceptors (Lipinski definition) is 4. The maximum atomic E-state index is 11.8. The van der Waals surface area contributed by atoms with Gasteiger partial charge in [-0.3, -0.25) is 14.6 Å². The fourth-order valence-corrected chi connectivity index (χ4v) is 1.21. The van der Waals surface area contributed by atoms with Gasteiger partial charge in [0.25, 0.3) is 0 Å². The summed E-state index contributed by atoms with van der Waals surface area (Å²) in [6.45, 7) is -2.24. The summed E-state index contributed by atoms with van der Waals surface area (Å²) in [6, 6.07) is 2.78. The first kappa shape index (κ1) is 15.9. The first-order valence-electron chi connectivity index (χ1n) is 5.37. The number of carbonyl (C=O) groups excluding carboxylic acids is 1. The monoisotopic (exact) mass is 292 g/mol. The molecule has 0 aromatic carbocycles. The maximum Gasteiger partial charge on any atom is 0.411 e. The highest BCUT2D eigenvalue weighted by Crippen LogP contribution is 2.14. The van der Waals surface area contributed by atoms with Crippen LogP contribution in [0.15, 0.2) is 18.3 Å². The molecule has 0 radical (unpaired) electrons. The van der Waals surface area contributed by atoms with Crippen molar-refractivity contribution >= 4 is 17.6 Å². The topological polar surface area (TPSA) is 88.5 Å². The number of nitrogens with one attached hydrogen (secondary N) is 1. The number of pyridine rings is 1. The molecule has 2 N–H and O–H groups in total. The molecule has 6 nitrogen and oxygen atoms in total. The number of ether oxygens (including phenoxy) is 1. The van der Waals surface area contributed by atoms with Gasteiger partial charge in [0, 0.05) is 0 Å². The second-order valence-corrected chi connectivity index (χ2v) is 3.76. The van der Waals surface area contributed by atoms with Crippen LogP contribution in [0.1, 0.15) is 5.69 Å². The first-order valence-corrected chi connectivity index (χ1v) is 5.37. The summed E-state index contributed by atoms with van der Waals surface area (Å²) >= 11 is 0. The molecule has 110 valence electrons. The molecular formula is C11H11F3N2O4. The van der Waals surface area contributed by atoms with E-state index in [9.17, 15) is 22.8 Å². The Balaban J connectivity index is 2.40. The van der Waals surface area contributed by atoms with Crippen LogP contribution in [0, 0.1) is 0 Å². The van der Waals surface area contributed by atoms with Crippen molar-refractivity contribution in [2.24, 2.45) is 0 Å². The number of alkyl halides is 3. The van der Waals surface area contributed by atoms with Gasteiger partial charge in [0.05, 0.1) is 24.0 Å². The smallest absolute Gasteiger partial charge is 0.411 e. The molecule has 0 aliphatic rings. The SMILES string of the molecule is O=C(O)Cc1ccc(NC(=O)COCC(F)(F)F)cn1. The van der Waals surface area contributed by atoms with Crippen molar-refractivity contribution in [1.82, 2.24) is 4.98 Å². The van der Waals surface area contributed by atoms with Gasteiger partial charge < -0.3 is 15.2 Å². The third-order valence-electron chi connectivity index (χ3n) is 1.94. The summed E-state index contributed by atoms with van der Waals surface area (Å²) in [4.78, 5) is 25.4. The van der Waals surface area contributed by atoms with E-state index in [2.05, 4.69) is 15.0 Å². The lowest BCUT2D eigenvalue weighted by Crippen LogP contribution is -2.24. The van der Waals surface area contributed by atoms with E-state index < -0.39 is 31.3 Å². The molecule has 0 saturated heterocycles. The molecule has 20 heavy (non-hydrogen) atoms. The number of anilines is 1. The standard InChI is InChI=1S/C11H11F3N2O4/c12-11(13,14)6-20-5-9(17)16-8-2-1-7(15-4-8)3-10(18)19/h1-2,4H,3,5-6H2,(H,16,17)(H,18,19). The minimum absolute atomic E-state index is 0.236. The second kappa shape index (κ2) is 6.85. The van der Waals surface area contributed by atoms with E-state index in [4.69, 9.17) is 5.11 Å². The van der Waals surface area contributed by atoms with Gasteiger partial charge >= 0.3 is 12.1 Å². The predicted molar refractivity (Wildman–Crippen MR) is 61.1 cm³/mol. The van der Waals surface area contributed by atoms with Crippen LogP contribution in [0.3, 0.4) is 0 Å². The highest BCUT2D eigenvalue weighted by Gasteiger charge is 2.27. The summed E-state index contributed by atoms with van der Waals surface area (Å²) < 4.78 is 39.5. The van der Waals surface area contributed by atoms with Gasteiger partial charge in [-0.25, -0.2) is 0 Å². The molecule has 0 aliphatic carbocycles. The van der Waals surface area contributed by atoms with Crippen molar-refractivity contribution in [1.29, 1.82) is 0 Å². The van der Waals surface area contributed by atoms with Crippen LogP contribution in [0.5, 0.6) is 0 Å².